The molecule has 8 heteroatoms. The van der Waals surface area contributed by atoms with E-state index in [1.54, 1.807) is 28.0 Å². The van der Waals surface area contributed by atoms with Gasteiger partial charge in [-0.1, -0.05) is 26.0 Å². The molecule has 0 bridgehead atoms. The number of phenolic OH excluding ortho intramolecular Hbond substituents is 1. The van der Waals surface area contributed by atoms with Crippen LogP contribution in [0.15, 0.2) is 30.3 Å². The Bertz CT molecular complexity index is 1250. The molecule has 34 heavy (non-hydrogen) atoms. The van der Waals surface area contributed by atoms with Gasteiger partial charge in [-0.3, -0.25) is 9.59 Å². The van der Waals surface area contributed by atoms with Crippen molar-refractivity contribution in [3.63, 3.8) is 0 Å². The molecule has 0 atom stereocenters. The Kier molecular flexibility index (Phi) is 6.10. The third kappa shape index (κ3) is 4.24. The minimum atomic E-state index is -0.273. The number of carbonyl (C=O) groups excluding carboxylic acids is 2. The zero-order valence-electron chi connectivity index (χ0n) is 20.8. The maximum atomic E-state index is 13.7. The first-order valence-corrected chi connectivity index (χ1v) is 11.8. The molecule has 0 spiro atoms. The van der Waals surface area contributed by atoms with Gasteiger partial charge >= 0.3 is 0 Å². The maximum Gasteiger partial charge on any atom is 0.257 e. The summed E-state index contributed by atoms with van der Waals surface area (Å²) in [6.45, 7) is 13.9. The fraction of sp³-hybridized carbons (Fsp3) is 0.462. The first-order chi connectivity index (χ1) is 16.0. The van der Waals surface area contributed by atoms with Gasteiger partial charge in [-0.2, -0.15) is 5.10 Å². The number of piperazine rings is 1. The lowest BCUT2D eigenvalue weighted by Crippen LogP contribution is -2.50. The van der Waals surface area contributed by atoms with Crippen molar-refractivity contribution in [2.75, 3.05) is 26.2 Å². The molecule has 2 aromatic heterocycles. The number of benzene rings is 1. The van der Waals surface area contributed by atoms with Gasteiger partial charge in [0.1, 0.15) is 5.75 Å². The van der Waals surface area contributed by atoms with Gasteiger partial charge in [-0.05, 0) is 51.8 Å². The predicted molar refractivity (Wildman–Crippen MR) is 131 cm³/mol. The summed E-state index contributed by atoms with van der Waals surface area (Å²) in [5, 5.41) is 15.6. The molecule has 1 aromatic carbocycles. The zero-order chi connectivity index (χ0) is 24.8. The third-order valence-electron chi connectivity index (χ3n) is 6.28. The number of aromatic hydroxyl groups is 1. The van der Waals surface area contributed by atoms with E-state index in [1.807, 2.05) is 17.7 Å². The van der Waals surface area contributed by atoms with Gasteiger partial charge in [-0.15, -0.1) is 0 Å². The largest absolute Gasteiger partial charge is 0.507 e. The second-order valence-electron chi connectivity index (χ2n) is 10.2. The van der Waals surface area contributed by atoms with Crippen LogP contribution in [0.3, 0.4) is 0 Å². The lowest BCUT2D eigenvalue weighted by Gasteiger charge is -2.35. The lowest BCUT2D eigenvalue weighted by atomic mass is 10.0. The molecule has 3 heterocycles. The van der Waals surface area contributed by atoms with Crippen LogP contribution in [0.25, 0.3) is 11.0 Å². The number of carbonyl (C=O) groups is 2. The minimum Gasteiger partial charge on any atom is -0.507 e. The Morgan fingerprint density at radius 1 is 0.971 bits per heavy atom. The van der Waals surface area contributed by atoms with E-state index in [4.69, 9.17) is 10.1 Å². The highest BCUT2D eigenvalue weighted by atomic mass is 16.3. The molecule has 4 rings (SSSR count). The summed E-state index contributed by atoms with van der Waals surface area (Å²) in [7, 11) is 0. The average Bonchev–Trinajstić information content (AvgIpc) is 3.15. The number of pyridine rings is 1. The smallest absolute Gasteiger partial charge is 0.257 e. The predicted octanol–water partition coefficient (Wildman–Crippen LogP) is 3.92. The molecule has 3 aromatic rings. The standard InChI is InChI=1S/C26H33N5O3/c1-16(2)20-15-19(22-17(3)28-31(23(22)27-20)26(4,5)6)25(34)30-13-11-29(12-14-30)24(33)18-9-7-8-10-21(18)32/h7-10,15-16,32H,11-14H2,1-6H3. The van der Waals surface area contributed by atoms with Crippen molar-refractivity contribution >= 4 is 22.8 Å². The van der Waals surface area contributed by atoms with Crippen LogP contribution in [0.2, 0.25) is 0 Å². The van der Waals surface area contributed by atoms with E-state index in [-0.39, 0.29) is 34.6 Å². The molecule has 1 aliphatic rings. The normalized spacial score (nSPS) is 14.8. The van der Waals surface area contributed by atoms with Gasteiger partial charge in [0.2, 0.25) is 0 Å². The Labute approximate surface area is 200 Å². The van der Waals surface area contributed by atoms with Gasteiger partial charge < -0.3 is 14.9 Å². The summed E-state index contributed by atoms with van der Waals surface area (Å²) >= 11 is 0. The summed E-state index contributed by atoms with van der Waals surface area (Å²) in [5.41, 5.74) is 2.99. The van der Waals surface area contributed by atoms with Crippen molar-refractivity contribution in [2.45, 2.75) is 53.0 Å². The van der Waals surface area contributed by atoms with Crippen molar-refractivity contribution in [2.24, 2.45) is 0 Å². The minimum absolute atomic E-state index is 0.0299. The van der Waals surface area contributed by atoms with Gasteiger partial charge in [0.05, 0.1) is 27.7 Å². The maximum absolute atomic E-state index is 13.7. The Hall–Kier alpha value is -3.42. The Balaban J connectivity index is 1.63. The number of hydrogen-bond acceptors (Lipinski definition) is 5. The Morgan fingerprint density at radius 3 is 2.06 bits per heavy atom. The summed E-state index contributed by atoms with van der Waals surface area (Å²) in [5.74, 6) is -0.160. The van der Waals surface area contributed by atoms with Crippen LogP contribution >= 0.6 is 0 Å². The summed E-state index contributed by atoms with van der Waals surface area (Å²) < 4.78 is 1.91. The molecule has 0 unspecified atom stereocenters. The lowest BCUT2D eigenvalue weighted by molar-refractivity contribution is 0.0534. The molecule has 0 aliphatic carbocycles. The topological polar surface area (TPSA) is 91.6 Å². The van der Waals surface area contributed by atoms with Crippen molar-refractivity contribution in [1.29, 1.82) is 0 Å². The molecule has 8 nitrogen and oxygen atoms in total. The van der Waals surface area contributed by atoms with E-state index in [0.29, 0.717) is 31.7 Å². The van der Waals surface area contributed by atoms with Crippen LogP contribution in [-0.4, -0.2) is 67.7 Å². The van der Waals surface area contributed by atoms with Crippen LogP contribution in [0.4, 0.5) is 0 Å². The van der Waals surface area contributed by atoms with Crippen LogP contribution < -0.4 is 0 Å². The van der Waals surface area contributed by atoms with Crippen LogP contribution in [0, 0.1) is 6.92 Å². The van der Waals surface area contributed by atoms with Gasteiger partial charge in [0, 0.05) is 31.9 Å². The van der Waals surface area contributed by atoms with Crippen LogP contribution in [-0.2, 0) is 5.54 Å². The summed E-state index contributed by atoms with van der Waals surface area (Å²) in [6, 6.07) is 8.44. The van der Waals surface area contributed by atoms with E-state index in [0.717, 1.165) is 22.4 Å². The molecule has 2 amide bonds. The molecule has 0 saturated carbocycles. The van der Waals surface area contributed by atoms with Crippen molar-refractivity contribution < 1.29 is 14.7 Å². The quantitative estimate of drug-likeness (QED) is 0.636. The second-order valence-corrected chi connectivity index (χ2v) is 10.2. The Morgan fingerprint density at radius 2 is 1.53 bits per heavy atom. The van der Waals surface area contributed by atoms with Gasteiger partial charge in [0.15, 0.2) is 5.65 Å². The molecule has 0 radical (unpaired) electrons. The number of aromatic nitrogens is 3. The highest BCUT2D eigenvalue weighted by molar-refractivity contribution is 6.07. The van der Waals surface area contributed by atoms with Crippen molar-refractivity contribution in [1.82, 2.24) is 24.6 Å². The van der Waals surface area contributed by atoms with Crippen molar-refractivity contribution in [3.05, 3.63) is 52.8 Å². The first kappa shape index (κ1) is 23.7. The number of rotatable bonds is 3. The molecule has 1 N–H and O–H groups in total. The summed E-state index contributed by atoms with van der Waals surface area (Å²) in [6.07, 6.45) is 0. The van der Waals surface area contributed by atoms with E-state index in [1.165, 1.54) is 6.07 Å². The zero-order valence-corrected chi connectivity index (χ0v) is 20.8. The number of para-hydroxylation sites is 1. The number of nitrogens with zero attached hydrogens (tertiary/aromatic N) is 5. The highest BCUT2D eigenvalue weighted by Gasteiger charge is 2.30. The third-order valence-corrected chi connectivity index (χ3v) is 6.28. The monoisotopic (exact) mass is 463 g/mol. The van der Waals surface area contributed by atoms with E-state index in [9.17, 15) is 14.7 Å². The fourth-order valence-electron chi connectivity index (χ4n) is 4.35. The molecular weight excluding hydrogens is 430 g/mol. The average molecular weight is 464 g/mol. The van der Waals surface area contributed by atoms with E-state index < -0.39 is 0 Å². The second kappa shape index (κ2) is 8.74. The molecule has 1 saturated heterocycles. The van der Waals surface area contributed by atoms with Gasteiger partial charge in [-0.25, -0.2) is 9.67 Å². The number of amides is 2. The van der Waals surface area contributed by atoms with Gasteiger partial charge in [0.25, 0.3) is 11.8 Å². The first-order valence-electron chi connectivity index (χ1n) is 11.8. The van der Waals surface area contributed by atoms with E-state index >= 15 is 0 Å². The fourth-order valence-corrected chi connectivity index (χ4v) is 4.35. The molecule has 1 aliphatic heterocycles. The van der Waals surface area contributed by atoms with Crippen LogP contribution in [0.5, 0.6) is 5.75 Å². The summed E-state index contributed by atoms with van der Waals surface area (Å²) in [4.78, 5) is 34.9. The number of phenols is 1. The highest BCUT2D eigenvalue weighted by Crippen LogP contribution is 2.30. The number of hydrogen-bond donors (Lipinski definition) is 1. The molecular formula is C26H33N5O3. The molecule has 1 fully saturated rings. The number of aryl methyl sites for hydroxylation is 1. The SMILES string of the molecule is Cc1nn(C(C)(C)C)c2nc(C(C)C)cc(C(=O)N3CCN(C(=O)c4ccccc4O)CC3)c12. The van der Waals surface area contributed by atoms with Crippen LogP contribution in [0.1, 0.15) is 72.6 Å². The number of fused-ring (bicyclic) bond motifs is 1. The van der Waals surface area contributed by atoms with E-state index in [2.05, 4.69) is 34.6 Å². The van der Waals surface area contributed by atoms with Crippen molar-refractivity contribution in [3.8, 4) is 5.75 Å². The molecule has 180 valence electrons.